The molecule has 0 amide bonds. The minimum absolute atomic E-state index is 0.171. The Kier molecular flexibility index (Phi) is 2.50. The van der Waals surface area contributed by atoms with Crippen LogP contribution in [0.25, 0.3) is 0 Å². The topological polar surface area (TPSA) is 9.23 Å². The number of halogens is 3. The molecule has 12 heavy (non-hydrogen) atoms. The lowest BCUT2D eigenvalue weighted by molar-refractivity contribution is -0.121. The van der Waals surface area contributed by atoms with E-state index in [1.54, 1.807) is 0 Å². The van der Waals surface area contributed by atoms with Crippen molar-refractivity contribution in [2.75, 3.05) is 0 Å². The van der Waals surface area contributed by atoms with Gasteiger partial charge in [0.25, 0.3) is 0 Å². The molecule has 1 aliphatic carbocycles. The number of alkyl halides is 3. The molecule has 3 rings (SSSR count). The molecule has 70 valence electrons. The molecular weight excluding hydrogens is 218 g/mol. The molecule has 2 aliphatic heterocycles. The number of rotatable bonds is 0. The van der Waals surface area contributed by atoms with Crippen molar-refractivity contribution < 1.29 is 4.74 Å². The first-order valence-corrected chi connectivity index (χ1v) is 5.43. The standard InChI is InChI=1S/C8H11Cl3O/c9-8(10,11)7-5-1-3-6(12-7)4-2-5/h5-7H,1-4H2. The first kappa shape index (κ1) is 9.39. The molecule has 3 fully saturated rings. The van der Waals surface area contributed by atoms with E-state index in [-0.39, 0.29) is 6.10 Å². The average Bonchev–Trinajstić information content (AvgIpc) is 2.05. The van der Waals surface area contributed by atoms with Gasteiger partial charge in [-0.25, -0.2) is 0 Å². The monoisotopic (exact) mass is 228 g/mol. The smallest absolute Gasteiger partial charge is 0.216 e. The van der Waals surface area contributed by atoms with E-state index < -0.39 is 3.79 Å². The maximum Gasteiger partial charge on any atom is 0.216 e. The van der Waals surface area contributed by atoms with E-state index >= 15 is 0 Å². The van der Waals surface area contributed by atoms with Crippen LogP contribution in [0, 0.1) is 5.92 Å². The second-order valence-electron chi connectivity index (χ2n) is 3.64. The minimum atomic E-state index is -1.23. The molecule has 1 unspecified atom stereocenters. The Balaban J connectivity index is 2.09. The molecule has 0 aromatic heterocycles. The summed E-state index contributed by atoms with van der Waals surface area (Å²) in [6.07, 6.45) is 4.77. The van der Waals surface area contributed by atoms with Crippen molar-refractivity contribution in [3.63, 3.8) is 0 Å². The van der Waals surface area contributed by atoms with E-state index in [9.17, 15) is 0 Å². The van der Waals surface area contributed by atoms with E-state index in [4.69, 9.17) is 39.5 Å². The second kappa shape index (κ2) is 3.20. The summed E-state index contributed by atoms with van der Waals surface area (Å²) in [6.45, 7) is 0. The molecule has 0 radical (unpaired) electrons. The normalized spacial score (nSPS) is 41.8. The van der Waals surface area contributed by atoms with Gasteiger partial charge in [-0.05, 0) is 31.6 Å². The van der Waals surface area contributed by atoms with Crippen LogP contribution in [-0.2, 0) is 4.74 Å². The van der Waals surface area contributed by atoms with E-state index in [0.717, 1.165) is 25.7 Å². The molecule has 1 atom stereocenters. The third-order valence-corrected chi connectivity index (χ3v) is 3.45. The highest BCUT2D eigenvalue weighted by molar-refractivity contribution is 6.68. The fraction of sp³-hybridized carbons (Fsp3) is 1.00. The third-order valence-electron chi connectivity index (χ3n) is 2.81. The van der Waals surface area contributed by atoms with Crippen LogP contribution < -0.4 is 0 Å². The van der Waals surface area contributed by atoms with Crippen molar-refractivity contribution in [2.24, 2.45) is 5.92 Å². The van der Waals surface area contributed by atoms with Crippen molar-refractivity contribution >= 4 is 34.8 Å². The fourth-order valence-corrected chi connectivity index (χ4v) is 2.88. The first-order chi connectivity index (χ1) is 5.57. The average molecular weight is 230 g/mol. The van der Waals surface area contributed by atoms with Crippen molar-refractivity contribution in [2.45, 2.75) is 41.7 Å². The molecule has 2 heterocycles. The Labute approximate surface area is 87.3 Å². The summed E-state index contributed by atoms with van der Waals surface area (Å²) < 4.78 is 4.42. The van der Waals surface area contributed by atoms with Crippen LogP contribution in [-0.4, -0.2) is 16.0 Å². The summed E-state index contributed by atoms with van der Waals surface area (Å²) in [7, 11) is 0. The number of hydrogen-bond donors (Lipinski definition) is 0. The Bertz CT molecular complexity index is 170. The maximum absolute atomic E-state index is 5.81. The SMILES string of the molecule is ClC(Cl)(Cl)C1OC2CCC1CC2. The highest BCUT2D eigenvalue weighted by Gasteiger charge is 2.46. The largest absolute Gasteiger partial charge is 0.370 e. The zero-order valence-corrected chi connectivity index (χ0v) is 8.87. The number of ether oxygens (including phenoxy) is 1. The lowest BCUT2D eigenvalue weighted by Crippen LogP contribution is -2.47. The van der Waals surface area contributed by atoms with Crippen LogP contribution in [0.15, 0.2) is 0 Å². The number of hydrogen-bond acceptors (Lipinski definition) is 1. The fourth-order valence-electron chi connectivity index (χ4n) is 2.19. The molecule has 3 aliphatic rings. The van der Waals surface area contributed by atoms with Gasteiger partial charge in [-0.2, -0.15) is 0 Å². The van der Waals surface area contributed by atoms with Crippen LogP contribution in [0.4, 0.5) is 0 Å². The lowest BCUT2D eigenvalue weighted by Gasteiger charge is -2.45. The predicted octanol–water partition coefficient (Wildman–Crippen LogP) is 3.31. The molecule has 1 saturated carbocycles. The molecule has 2 saturated heterocycles. The van der Waals surface area contributed by atoms with Gasteiger partial charge in [-0.3, -0.25) is 0 Å². The van der Waals surface area contributed by atoms with Gasteiger partial charge in [0.05, 0.1) is 6.10 Å². The summed E-state index contributed by atoms with van der Waals surface area (Å²) in [5, 5.41) is 0. The van der Waals surface area contributed by atoms with Crippen molar-refractivity contribution in [1.29, 1.82) is 0 Å². The molecule has 2 bridgehead atoms. The molecule has 1 nitrogen and oxygen atoms in total. The summed E-state index contributed by atoms with van der Waals surface area (Å²) >= 11 is 17.4. The van der Waals surface area contributed by atoms with Crippen molar-refractivity contribution in [3.05, 3.63) is 0 Å². The minimum Gasteiger partial charge on any atom is -0.370 e. The third kappa shape index (κ3) is 1.70. The zero-order chi connectivity index (χ0) is 8.77. The number of fused-ring (bicyclic) bond motifs is 3. The van der Waals surface area contributed by atoms with Gasteiger partial charge in [-0.15, -0.1) is 0 Å². The van der Waals surface area contributed by atoms with E-state index in [1.165, 1.54) is 0 Å². The van der Waals surface area contributed by atoms with E-state index in [1.807, 2.05) is 0 Å². The highest BCUT2D eigenvalue weighted by Crippen LogP contribution is 2.46. The highest BCUT2D eigenvalue weighted by atomic mass is 35.6. The molecule has 0 aromatic rings. The van der Waals surface area contributed by atoms with Crippen LogP contribution in [0.5, 0.6) is 0 Å². The maximum atomic E-state index is 5.81. The summed E-state index contributed by atoms with van der Waals surface area (Å²) in [5.74, 6) is 0.461. The van der Waals surface area contributed by atoms with Gasteiger partial charge >= 0.3 is 0 Å². The van der Waals surface area contributed by atoms with Gasteiger partial charge in [0.2, 0.25) is 3.79 Å². The van der Waals surface area contributed by atoms with Crippen LogP contribution in [0.1, 0.15) is 25.7 Å². The molecule has 0 N–H and O–H groups in total. The van der Waals surface area contributed by atoms with Crippen molar-refractivity contribution in [3.8, 4) is 0 Å². The quantitative estimate of drug-likeness (QED) is 0.579. The Morgan fingerprint density at radius 3 is 1.83 bits per heavy atom. The second-order valence-corrected chi connectivity index (χ2v) is 6.00. The first-order valence-electron chi connectivity index (χ1n) is 4.29. The van der Waals surface area contributed by atoms with E-state index in [0.29, 0.717) is 12.0 Å². The van der Waals surface area contributed by atoms with Gasteiger partial charge in [0.1, 0.15) is 6.10 Å². The lowest BCUT2D eigenvalue weighted by atomic mass is 9.80. The molecule has 0 aromatic carbocycles. The van der Waals surface area contributed by atoms with Crippen LogP contribution in [0.2, 0.25) is 0 Å². The van der Waals surface area contributed by atoms with Crippen molar-refractivity contribution in [1.82, 2.24) is 0 Å². The van der Waals surface area contributed by atoms with Gasteiger partial charge < -0.3 is 4.74 Å². The molecule has 4 heteroatoms. The predicted molar refractivity (Wildman–Crippen MR) is 50.9 cm³/mol. The van der Waals surface area contributed by atoms with E-state index in [2.05, 4.69) is 0 Å². The molecule has 0 spiro atoms. The van der Waals surface area contributed by atoms with Crippen LogP contribution in [0.3, 0.4) is 0 Å². The Morgan fingerprint density at radius 2 is 1.58 bits per heavy atom. The summed E-state index contributed by atoms with van der Waals surface area (Å²) in [6, 6.07) is 0. The Morgan fingerprint density at radius 1 is 1.00 bits per heavy atom. The summed E-state index contributed by atoms with van der Waals surface area (Å²) in [5.41, 5.74) is 0. The molecular formula is C8H11Cl3O. The van der Waals surface area contributed by atoms with Gasteiger partial charge in [0, 0.05) is 0 Å². The van der Waals surface area contributed by atoms with Gasteiger partial charge in [-0.1, -0.05) is 34.8 Å². The van der Waals surface area contributed by atoms with Gasteiger partial charge in [0.15, 0.2) is 0 Å². The zero-order valence-electron chi connectivity index (χ0n) is 6.60. The van der Waals surface area contributed by atoms with Crippen LogP contribution >= 0.6 is 34.8 Å². The summed E-state index contributed by atoms with van der Waals surface area (Å²) in [4.78, 5) is 0. The Hall–Kier alpha value is 0.830.